The van der Waals surface area contributed by atoms with Crippen LogP contribution in [0.15, 0.2) is 24.3 Å². The molecular weight excluding hydrogens is 392 g/mol. The molecule has 26 heavy (non-hydrogen) atoms. The molecule has 1 aromatic heterocycles. The number of carbonyl (C=O) groups is 1. The molecule has 0 aliphatic carbocycles. The van der Waals surface area contributed by atoms with Gasteiger partial charge < -0.3 is 9.30 Å². The molecule has 140 valence electrons. The van der Waals surface area contributed by atoms with Crippen molar-refractivity contribution in [1.29, 1.82) is 0 Å². The zero-order chi connectivity index (χ0) is 18.7. The van der Waals surface area contributed by atoms with Gasteiger partial charge in [0.1, 0.15) is 5.25 Å². The van der Waals surface area contributed by atoms with Crippen LogP contribution in [0.2, 0.25) is 5.02 Å². The summed E-state index contributed by atoms with van der Waals surface area (Å²) in [6.07, 6.45) is 0. The molecule has 2 aromatic rings. The van der Waals surface area contributed by atoms with E-state index in [-0.39, 0.29) is 11.2 Å². The number of thioether (sulfide) groups is 1. The predicted octanol–water partition coefficient (Wildman–Crippen LogP) is 3.30. The van der Waals surface area contributed by atoms with Crippen LogP contribution in [0, 0.1) is 4.77 Å². The van der Waals surface area contributed by atoms with Gasteiger partial charge in [-0.15, -0.1) is 11.8 Å². The van der Waals surface area contributed by atoms with Gasteiger partial charge >= 0.3 is 5.97 Å². The average Bonchev–Trinajstić information content (AvgIpc) is 2.97. The monoisotopic (exact) mass is 412 g/mol. The minimum Gasteiger partial charge on any atom is -0.468 e. The molecule has 2 heterocycles. The quantitative estimate of drug-likeness (QED) is 0.554. The number of hydrogen-bond donors (Lipinski definition) is 0. The fraction of sp³-hybridized carbons (Fsp3) is 0.471. The second-order valence-electron chi connectivity index (χ2n) is 5.96. The highest BCUT2D eigenvalue weighted by Crippen LogP contribution is 2.23. The first-order valence-corrected chi connectivity index (χ1v) is 10.2. The number of aromatic nitrogens is 3. The first-order chi connectivity index (χ1) is 12.5. The summed E-state index contributed by atoms with van der Waals surface area (Å²) in [5.74, 6) is 1.53. The molecule has 0 bridgehead atoms. The highest BCUT2D eigenvalue weighted by molar-refractivity contribution is 8.00. The first-order valence-electron chi connectivity index (χ1n) is 8.38. The van der Waals surface area contributed by atoms with E-state index in [2.05, 4.69) is 4.90 Å². The summed E-state index contributed by atoms with van der Waals surface area (Å²) in [4.78, 5) is 14.0. The van der Waals surface area contributed by atoms with Crippen molar-refractivity contribution in [3.8, 4) is 11.4 Å². The maximum atomic E-state index is 11.8. The maximum absolute atomic E-state index is 11.8. The number of rotatable bonds is 5. The minimum atomic E-state index is -0.177. The lowest BCUT2D eigenvalue weighted by atomic mass is 10.2. The lowest BCUT2D eigenvalue weighted by Crippen LogP contribution is -2.42. The second kappa shape index (κ2) is 8.56. The molecule has 6 nitrogen and oxygen atoms in total. The number of carbonyl (C=O) groups excluding carboxylic acids is 1. The molecule has 1 aliphatic rings. The third kappa shape index (κ3) is 4.14. The van der Waals surface area contributed by atoms with Crippen LogP contribution in [0.5, 0.6) is 0 Å². The van der Waals surface area contributed by atoms with Crippen LogP contribution in [0.1, 0.15) is 6.92 Å². The van der Waals surface area contributed by atoms with Gasteiger partial charge in [0.25, 0.3) is 0 Å². The topological polar surface area (TPSA) is 52.3 Å². The molecular formula is C17H21ClN4O2S2. The lowest BCUT2D eigenvalue weighted by Gasteiger charge is -2.30. The van der Waals surface area contributed by atoms with Crippen LogP contribution in [0.3, 0.4) is 0 Å². The summed E-state index contributed by atoms with van der Waals surface area (Å²) in [6, 6.07) is 7.59. The van der Waals surface area contributed by atoms with Crippen LogP contribution < -0.4 is 0 Å². The van der Waals surface area contributed by atoms with Gasteiger partial charge in [0.15, 0.2) is 10.6 Å². The van der Waals surface area contributed by atoms with Crippen molar-refractivity contribution >= 4 is 41.6 Å². The molecule has 1 aromatic carbocycles. The largest absolute Gasteiger partial charge is 0.468 e. The van der Waals surface area contributed by atoms with Crippen molar-refractivity contribution in [2.75, 3.05) is 26.0 Å². The Bertz CT molecular complexity index is 834. The molecule has 0 unspecified atom stereocenters. The molecule has 1 aliphatic heterocycles. The van der Waals surface area contributed by atoms with Gasteiger partial charge in [-0.05, 0) is 43.4 Å². The molecule has 9 heteroatoms. The van der Waals surface area contributed by atoms with Crippen molar-refractivity contribution in [3.05, 3.63) is 34.1 Å². The summed E-state index contributed by atoms with van der Waals surface area (Å²) in [5, 5.41) is 5.26. The van der Waals surface area contributed by atoms with E-state index in [1.807, 2.05) is 40.4 Å². The summed E-state index contributed by atoms with van der Waals surface area (Å²) in [7, 11) is 1.43. The smallest absolute Gasteiger partial charge is 0.320 e. The number of hydrogen-bond acceptors (Lipinski definition) is 6. The molecule has 1 fully saturated rings. The van der Waals surface area contributed by atoms with Gasteiger partial charge in [0.05, 0.1) is 13.8 Å². The molecule has 0 N–H and O–H groups in total. The predicted molar refractivity (Wildman–Crippen MR) is 107 cm³/mol. The van der Waals surface area contributed by atoms with Crippen LogP contribution >= 0.6 is 35.6 Å². The second-order valence-corrected chi connectivity index (χ2v) is 8.07. The van der Waals surface area contributed by atoms with Gasteiger partial charge in [0.2, 0.25) is 0 Å². The van der Waals surface area contributed by atoms with E-state index in [4.69, 9.17) is 33.7 Å². The fourth-order valence-corrected chi connectivity index (χ4v) is 4.56. The number of benzene rings is 1. The molecule has 0 amide bonds. The number of esters is 1. The Morgan fingerprint density at radius 2 is 2.15 bits per heavy atom. The Hall–Kier alpha value is -1.35. The van der Waals surface area contributed by atoms with E-state index in [0.717, 1.165) is 30.2 Å². The van der Waals surface area contributed by atoms with Crippen LogP contribution in [0.4, 0.5) is 0 Å². The third-order valence-corrected chi connectivity index (χ3v) is 6.14. The highest BCUT2D eigenvalue weighted by Gasteiger charge is 2.27. The lowest BCUT2D eigenvalue weighted by molar-refractivity contribution is -0.140. The Balaban J connectivity index is 1.83. The van der Waals surface area contributed by atoms with Gasteiger partial charge in [-0.1, -0.05) is 11.6 Å². The number of methoxy groups -OCH3 is 1. The Morgan fingerprint density at radius 1 is 1.42 bits per heavy atom. The summed E-state index contributed by atoms with van der Waals surface area (Å²) in [5.41, 5.74) is 0.975. The maximum Gasteiger partial charge on any atom is 0.320 e. The van der Waals surface area contributed by atoms with Gasteiger partial charge in [0, 0.05) is 36.0 Å². The van der Waals surface area contributed by atoms with Crippen LogP contribution in [0.25, 0.3) is 11.4 Å². The van der Waals surface area contributed by atoms with E-state index in [1.54, 1.807) is 11.8 Å². The summed E-state index contributed by atoms with van der Waals surface area (Å²) >= 11 is 13.2. The van der Waals surface area contributed by atoms with Crippen molar-refractivity contribution in [3.63, 3.8) is 0 Å². The SMILES string of the molecule is CCn1c(-c2ccc(Cl)cc2)nn(CN2CCS[C@@H](C(=O)OC)C2)c1=S. The van der Waals surface area contributed by atoms with E-state index in [0.29, 0.717) is 23.0 Å². The highest BCUT2D eigenvalue weighted by atomic mass is 35.5. The Labute approximate surface area is 167 Å². The molecule has 0 radical (unpaired) electrons. The molecule has 0 spiro atoms. The molecule has 0 saturated carbocycles. The molecule has 1 saturated heterocycles. The van der Waals surface area contributed by atoms with E-state index < -0.39 is 0 Å². The van der Waals surface area contributed by atoms with Crippen molar-refractivity contribution in [2.24, 2.45) is 0 Å². The van der Waals surface area contributed by atoms with Crippen LogP contribution in [-0.4, -0.2) is 56.4 Å². The minimum absolute atomic E-state index is 0.160. The number of nitrogens with zero attached hydrogens (tertiary/aromatic N) is 4. The normalized spacial score (nSPS) is 18.0. The molecule has 1 atom stereocenters. The van der Waals surface area contributed by atoms with Crippen molar-refractivity contribution in [1.82, 2.24) is 19.2 Å². The standard InChI is InChI=1S/C17H21ClN4O2S2/c1-3-21-15(12-4-6-13(18)7-5-12)19-22(17(21)25)11-20-8-9-26-14(10-20)16(23)24-2/h4-7,14H,3,8-11H2,1-2H3/t14-/m1/s1. The average molecular weight is 413 g/mol. The molecule has 3 rings (SSSR count). The van der Waals surface area contributed by atoms with E-state index in [1.165, 1.54) is 7.11 Å². The number of ether oxygens (including phenoxy) is 1. The first kappa shape index (κ1) is 19.4. The zero-order valence-electron chi connectivity index (χ0n) is 14.7. The summed E-state index contributed by atoms with van der Waals surface area (Å²) in [6.45, 7) is 4.85. The Kier molecular flexibility index (Phi) is 6.39. The van der Waals surface area contributed by atoms with Crippen molar-refractivity contribution < 1.29 is 9.53 Å². The number of halogens is 1. The fourth-order valence-electron chi connectivity index (χ4n) is 2.93. The van der Waals surface area contributed by atoms with Gasteiger partial charge in [-0.2, -0.15) is 5.10 Å². The van der Waals surface area contributed by atoms with Crippen molar-refractivity contribution in [2.45, 2.75) is 25.4 Å². The van der Waals surface area contributed by atoms with Gasteiger partial charge in [-0.3, -0.25) is 9.69 Å². The zero-order valence-corrected chi connectivity index (χ0v) is 17.1. The van der Waals surface area contributed by atoms with Gasteiger partial charge in [-0.25, -0.2) is 4.68 Å². The summed E-state index contributed by atoms with van der Waals surface area (Å²) < 4.78 is 9.38. The van der Waals surface area contributed by atoms with Crippen LogP contribution in [-0.2, 0) is 22.7 Å². The third-order valence-electron chi connectivity index (χ3n) is 4.29. The Morgan fingerprint density at radius 3 is 2.81 bits per heavy atom. The van der Waals surface area contributed by atoms with E-state index in [9.17, 15) is 4.79 Å². The van der Waals surface area contributed by atoms with E-state index >= 15 is 0 Å².